The van der Waals surface area contributed by atoms with E-state index in [0.717, 1.165) is 11.3 Å². The Balaban J connectivity index is 1.77. The summed E-state index contributed by atoms with van der Waals surface area (Å²) in [6.07, 6.45) is 4.06. The summed E-state index contributed by atoms with van der Waals surface area (Å²) in [5.74, 6) is -1.50. The standard InChI is InChI=1S/C28H30N8O8/c1-5-9-29-26(39)20-12-35-23(17(20)3)24(30-13-32-35)36(28(41)43-15-42-27(40)18(4)31-14-37)21-11-19(7-6-16(21)2)25(38)33-22-8-10-44-34-22/h6-8,10-14,18H,5,9,15H2,1-4H3,(H,29,39)(H,31,37)(H,33,34,38). The van der Waals surface area contributed by atoms with E-state index in [0.29, 0.717) is 35.2 Å². The molecule has 4 aromatic rings. The van der Waals surface area contributed by atoms with E-state index >= 15 is 0 Å². The maximum absolute atomic E-state index is 13.7. The number of aryl methyl sites for hydroxylation is 2. The van der Waals surface area contributed by atoms with Gasteiger partial charge in [0, 0.05) is 24.4 Å². The number of ether oxygens (including phenoxy) is 2. The van der Waals surface area contributed by atoms with Crippen molar-refractivity contribution >= 4 is 53.1 Å². The Morgan fingerprint density at radius 2 is 1.93 bits per heavy atom. The second kappa shape index (κ2) is 13.9. The van der Waals surface area contributed by atoms with Crippen LogP contribution >= 0.6 is 0 Å². The van der Waals surface area contributed by atoms with E-state index in [1.807, 2.05) is 6.92 Å². The number of carbonyl (C=O) groups excluding carboxylic acids is 5. The molecule has 1 unspecified atom stereocenters. The highest BCUT2D eigenvalue weighted by Crippen LogP contribution is 2.34. The van der Waals surface area contributed by atoms with Crippen molar-refractivity contribution in [1.82, 2.24) is 30.4 Å². The number of nitrogens with one attached hydrogen (secondary N) is 3. The van der Waals surface area contributed by atoms with Crippen LogP contribution in [0.4, 0.5) is 22.1 Å². The summed E-state index contributed by atoms with van der Waals surface area (Å²) in [5, 5.41) is 15.5. The van der Waals surface area contributed by atoms with Gasteiger partial charge in [0.2, 0.25) is 13.2 Å². The summed E-state index contributed by atoms with van der Waals surface area (Å²) in [6, 6.07) is 5.10. The van der Waals surface area contributed by atoms with Crippen LogP contribution in [-0.4, -0.2) is 69.4 Å². The molecule has 3 N–H and O–H groups in total. The lowest BCUT2D eigenvalue weighted by molar-refractivity contribution is -0.154. The fraction of sp³-hybridized carbons (Fsp3) is 0.286. The Bertz CT molecular complexity index is 1680. The molecular weight excluding hydrogens is 576 g/mol. The van der Waals surface area contributed by atoms with E-state index in [9.17, 15) is 24.0 Å². The second-order valence-electron chi connectivity index (χ2n) is 9.47. The van der Waals surface area contributed by atoms with Crippen molar-refractivity contribution in [2.45, 2.75) is 40.2 Å². The summed E-state index contributed by atoms with van der Waals surface area (Å²) in [4.78, 5) is 67.8. The van der Waals surface area contributed by atoms with Crippen molar-refractivity contribution in [3.63, 3.8) is 0 Å². The van der Waals surface area contributed by atoms with Crippen LogP contribution < -0.4 is 20.9 Å². The van der Waals surface area contributed by atoms with Gasteiger partial charge in [-0.3, -0.25) is 14.4 Å². The maximum Gasteiger partial charge on any atom is 0.423 e. The van der Waals surface area contributed by atoms with Crippen molar-refractivity contribution in [2.75, 3.05) is 23.6 Å². The number of fused-ring (bicyclic) bond motifs is 1. The van der Waals surface area contributed by atoms with Crippen molar-refractivity contribution in [1.29, 1.82) is 0 Å². The van der Waals surface area contributed by atoms with Gasteiger partial charge in [0.15, 0.2) is 11.6 Å². The lowest BCUT2D eigenvalue weighted by atomic mass is 10.1. The third-order valence-corrected chi connectivity index (χ3v) is 6.43. The lowest BCUT2D eigenvalue weighted by Crippen LogP contribution is -2.36. The van der Waals surface area contributed by atoms with Gasteiger partial charge in [0.1, 0.15) is 24.1 Å². The van der Waals surface area contributed by atoms with Crippen LogP contribution in [0.2, 0.25) is 0 Å². The molecule has 0 fully saturated rings. The van der Waals surface area contributed by atoms with Crippen LogP contribution in [0.1, 0.15) is 52.1 Å². The van der Waals surface area contributed by atoms with Crippen LogP contribution in [0.3, 0.4) is 0 Å². The van der Waals surface area contributed by atoms with Gasteiger partial charge in [-0.05, 0) is 50.5 Å². The molecule has 0 aliphatic carbocycles. The van der Waals surface area contributed by atoms with Gasteiger partial charge in [0.05, 0.1) is 11.3 Å². The number of hydrogen-bond acceptors (Lipinski definition) is 11. The van der Waals surface area contributed by atoms with Crippen molar-refractivity contribution in [3.8, 4) is 0 Å². The molecule has 44 heavy (non-hydrogen) atoms. The molecule has 0 bridgehead atoms. The highest BCUT2D eigenvalue weighted by molar-refractivity contribution is 6.07. The third-order valence-electron chi connectivity index (χ3n) is 6.43. The van der Waals surface area contributed by atoms with E-state index in [4.69, 9.17) is 14.0 Å². The molecule has 0 saturated carbocycles. The number of carbonyl (C=O) groups is 5. The fourth-order valence-corrected chi connectivity index (χ4v) is 4.12. The average Bonchev–Trinajstić information content (AvgIpc) is 3.64. The first-order chi connectivity index (χ1) is 21.2. The Morgan fingerprint density at radius 3 is 2.64 bits per heavy atom. The number of aromatic nitrogens is 4. The van der Waals surface area contributed by atoms with Crippen molar-refractivity contribution < 1.29 is 38.0 Å². The summed E-state index contributed by atoms with van der Waals surface area (Å²) >= 11 is 0. The highest BCUT2D eigenvalue weighted by Gasteiger charge is 2.29. The first kappa shape index (κ1) is 31.1. The molecule has 4 amide bonds. The number of anilines is 3. The van der Waals surface area contributed by atoms with Crippen molar-refractivity contribution in [3.05, 3.63) is 65.3 Å². The molecule has 0 saturated heterocycles. The zero-order chi connectivity index (χ0) is 31.8. The number of amides is 4. The molecular formula is C28H30N8O8. The van der Waals surface area contributed by atoms with E-state index in [1.54, 1.807) is 26.0 Å². The molecule has 1 atom stereocenters. The van der Waals surface area contributed by atoms with E-state index in [-0.39, 0.29) is 28.8 Å². The van der Waals surface area contributed by atoms with Gasteiger partial charge in [-0.25, -0.2) is 24.0 Å². The SMILES string of the molecule is CCCNC(=O)c1cn2ncnc(N(C(=O)OCOC(=O)C(C)NC=O)c3cc(C(=O)Nc4ccon4)ccc3C)c2c1C. The molecule has 0 aliphatic rings. The van der Waals surface area contributed by atoms with E-state index in [2.05, 4.69) is 31.2 Å². The number of hydrogen-bond donors (Lipinski definition) is 3. The van der Waals surface area contributed by atoms with Crippen LogP contribution in [-0.2, 0) is 19.1 Å². The Labute approximate surface area is 250 Å². The summed E-state index contributed by atoms with van der Waals surface area (Å²) < 4.78 is 16.5. The average molecular weight is 607 g/mol. The Kier molecular flexibility index (Phi) is 9.85. The monoisotopic (exact) mass is 606 g/mol. The van der Waals surface area contributed by atoms with Crippen LogP contribution in [0.15, 0.2) is 47.6 Å². The molecule has 16 nitrogen and oxygen atoms in total. The number of esters is 1. The van der Waals surface area contributed by atoms with E-state index < -0.39 is 30.8 Å². The second-order valence-corrected chi connectivity index (χ2v) is 9.47. The van der Waals surface area contributed by atoms with E-state index in [1.165, 1.54) is 42.4 Å². The minimum absolute atomic E-state index is 0.0246. The fourth-order valence-electron chi connectivity index (χ4n) is 4.12. The van der Waals surface area contributed by atoms with Gasteiger partial charge < -0.3 is 29.9 Å². The highest BCUT2D eigenvalue weighted by atomic mass is 16.7. The first-order valence-electron chi connectivity index (χ1n) is 13.4. The van der Waals surface area contributed by atoms with Crippen LogP contribution in [0.5, 0.6) is 0 Å². The summed E-state index contributed by atoms with van der Waals surface area (Å²) in [7, 11) is 0. The van der Waals surface area contributed by atoms with Crippen LogP contribution in [0.25, 0.3) is 5.52 Å². The molecule has 3 heterocycles. The number of nitrogens with zero attached hydrogens (tertiary/aromatic N) is 5. The minimum Gasteiger partial charge on any atom is -0.426 e. The van der Waals surface area contributed by atoms with Crippen molar-refractivity contribution in [2.24, 2.45) is 0 Å². The number of benzene rings is 1. The molecule has 4 rings (SSSR count). The minimum atomic E-state index is -1.02. The lowest BCUT2D eigenvalue weighted by Gasteiger charge is -2.24. The molecule has 0 radical (unpaired) electrons. The van der Waals surface area contributed by atoms with Gasteiger partial charge in [-0.1, -0.05) is 18.1 Å². The molecule has 16 heteroatoms. The summed E-state index contributed by atoms with van der Waals surface area (Å²) in [6.45, 7) is 6.37. The molecule has 3 aromatic heterocycles. The van der Waals surface area contributed by atoms with Gasteiger partial charge in [-0.15, -0.1) is 0 Å². The topological polar surface area (TPSA) is 199 Å². The van der Waals surface area contributed by atoms with Gasteiger partial charge in [-0.2, -0.15) is 5.10 Å². The molecule has 0 aliphatic heterocycles. The first-order valence-corrected chi connectivity index (χ1v) is 13.4. The Hall–Kier alpha value is -5.80. The maximum atomic E-state index is 13.7. The molecule has 230 valence electrons. The Morgan fingerprint density at radius 1 is 1.14 bits per heavy atom. The predicted molar refractivity (Wildman–Crippen MR) is 154 cm³/mol. The quantitative estimate of drug-likeness (QED) is 0.122. The normalized spacial score (nSPS) is 11.4. The zero-order valence-corrected chi connectivity index (χ0v) is 24.3. The molecule has 0 spiro atoms. The molecule has 1 aromatic carbocycles. The summed E-state index contributed by atoms with van der Waals surface area (Å²) in [5.41, 5.74) is 2.00. The predicted octanol–water partition coefficient (Wildman–Crippen LogP) is 2.64. The van der Waals surface area contributed by atoms with Gasteiger partial charge in [0.25, 0.3) is 11.8 Å². The van der Waals surface area contributed by atoms with Gasteiger partial charge >= 0.3 is 12.1 Å². The third kappa shape index (κ3) is 6.80. The largest absolute Gasteiger partial charge is 0.426 e. The zero-order valence-electron chi connectivity index (χ0n) is 24.3. The smallest absolute Gasteiger partial charge is 0.423 e. The number of rotatable bonds is 12. The van der Waals surface area contributed by atoms with Crippen LogP contribution in [0, 0.1) is 13.8 Å².